The number of nitrogens with one attached hydrogen (secondary N) is 2. The second-order valence-corrected chi connectivity index (χ2v) is 3.50. The lowest BCUT2D eigenvalue weighted by atomic mass is 10.1. The number of hydrogen-bond donors (Lipinski definition) is 2. The summed E-state index contributed by atoms with van der Waals surface area (Å²) < 4.78 is 5.55. The molecule has 0 aromatic heterocycles. The third-order valence-electron chi connectivity index (χ3n) is 2.33. The fraction of sp³-hybridized carbons (Fsp3) is 0.800. The van der Waals surface area contributed by atoms with Crippen molar-refractivity contribution in [3.63, 3.8) is 0 Å². The normalized spacial score (nSPS) is 17.0. The molecule has 1 heterocycles. The fourth-order valence-corrected chi connectivity index (χ4v) is 1.51. The molecular formula is C10H17N3O2. The van der Waals surface area contributed by atoms with Crippen molar-refractivity contribution >= 4 is 5.91 Å². The van der Waals surface area contributed by atoms with Crippen LogP contribution in [-0.2, 0) is 9.53 Å². The first-order valence-corrected chi connectivity index (χ1v) is 5.29. The van der Waals surface area contributed by atoms with E-state index < -0.39 is 0 Å². The number of rotatable bonds is 5. The molecule has 84 valence electrons. The summed E-state index contributed by atoms with van der Waals surface area (Å²) in [6.45, 7) is 2.50. The van der Waals surface area contributed by atoms with Gasteiger partial charge < -0.3 is 15.4 Å². The highest BCUT2D eigenvalue weighted by Gasteiger charge is 2.13. The molecular weight excluding hydrogens is 194 g/mol. The van der Waals surface area contributed by atoms with E-state index in [0.717, 1.165) is 25.9 Å². The van der Waals surface area contributed by atoms with Gasteiger partial charge in [-0.3, -0.25) is 4.79 Å². The second kappa shape index (κ2) is 7.21. The summed E-state index contributed by atoms with van der Waals surface area (Å²) in [5.74, 6) is -0.120. The summed E-state index contributed by atoms with van der Waals surface area (Å²) >= 11 is 0. The maximum absolute atomic E-state index is 11.1. The first kappa shape index (κ1) is 12.0. The Bertz CT molecular complexity index is 231. The first-order chi connectivity index (χ1) is 7.33. The van der Waals surface area contributed by atoms with Crippen molar-refractivity contribution in [2.75, 3.05) is 26.2 Å². The summed E-state index contributed by atoms with van der Waals surface area (Å²) in [6.07, 6.45) is 2.65. The largest absolute Gasteiger partial charge is 0.378 e. The zero-order chi connectivity index (χ0) is 10.9. The molecule has 5 nitrogen and oxygen atoms in total. The number of ether oxygens (including phenoxy) is 1. The predicted octanol–water partition coefficient (Wildman–Crippen LogP) is -0.215. The van der Waals surface area contributed by atoms with Crippen LogP contribution in [0.5, 0.6) is 0 Å². The molecule has 1 fully saturated rings. The van der Waals surface area contributed by atoms with Crippen LogP contribution in [0.25, 0.3) is 0 Å². The van der Waals surface area contributed by atoms with Gasteiger partial charge in [0.1, 0.15) is 6.54 Å². The zero-order valence-corrected chi connectivity index (χ0v) is 8.79. The Labute approximate surface area is 89.8 Å². The summed E-state index contributed by atoms with van der Waals surface area (Å²) in [4.78, 5) is 11.1. The second-order valence-electron chi connectivity index (χ2n) is 3.50. The maximum atomic E-state index is 11.1. The lowest BCUT2D eigenvalue weighted by molar-refractivity contribution is -0.122. The van der Waals surface area contributed by atoms with Crippen molar-refractivity contribution in [3.8, 4) is 6.07 Å². The minimum Gasteiger partial charge on any atom is -0.378 e. The van der Waals surface area contributed by atoms with Gasteiger partial charge in [0.25, 0.3) is 0 Å². The van der Waals surface area contributed by atoms with Crippen LogP contribution in [0.4, 0.5) is 0 Å². The van der Waals surface area contributed by atoms with Crippen molar-refractivity contribution in [3.05, 3.63) is 0 Å². The molecule has 5 heteroatoms. The Morgan fingerprint density at radius 2 is 2.27 bits per heavy atom. The van der Waals surface area contributed by atoms with Gasteiger partial charge in [-0.1, -0.05) is 0 Å². The number of nitrogens with zero attached hydrogens (tertiary/aromatic N) is 1. The number of hydrogen-bond acceptors (Lipinski definition) is 4. The highest BCUT2D eigenvalue weighted by atomic mass is 16.5. The quantitative estimate of drug-likeness (QED) is 0.617. The van der Waals surface area contributed by atoms with Gasteiger partial charge in [-0.2, -0.15) is 5.26 Å². The summed E-state index contributed by atoms with van der Waals surface area (Å²) in [7, 11) is 0. The smallest absolute Gasteiger partial charge is 0.223 e. The van der Waals surface area contributed by atoms with Gasteiger partial charge in [-0.15, -0.1) is 0 Å². The average Bonchev–Trinajstić information content (AvgIpc) is 2.28. The standard InChI is InChI=1S/C10H17N3O2/c11-4-7-13-10(14)3-8-15-9-1-5-12-6-2-9/h9,12H,1-3,5-8H2,(H,13,14). The summed E-state index contributed by atoms with van der Waals surface area (Å²) in [6, 6.07) is 1.86. The third kappa shape index (κ3) is 5.35. The van der Waals surface area contributed by atoms with Crippen LogP contribution in [0.15, 0.2) is 0 Å². The Morgan fingerprint density at radius 1 is 1.53 bits per heavy atom. The van der Waals surface area contributed by atoms with Crippen molar-refractivity contribution in [2.24, 2.45) is 0 Å². The fourth-order valence-electron chi connectivity index (χ4n) is 1.51. The van der Waals surface area contributed by atoms with E-state index in [0.29, 0.717) is 13.0 Å². The molecule has 0 radical (unpaired) electrons. The Balaban J connectivity index is 2.00. The number of amides is 1. The zero-order valence-electron chi connectivity index (χ0n) is 8.79. The summed E-state index contributed by atoms with van der Waals surface area (Å²) in [5, 5.41) is 14.0. The van der Waals surface area contributed by atoms with Crippen LogP contribution in [0.2, 0.25) is 0 Å². The Morgan fingerprint density at radius 3 is 2.93 bits per heavy atom. The number of carbonyl (C=O) groups is 1. The van der Waals surface area contributed by atoms with Crippen LogP contribution in [0.1, 0.15) is 19.3 Å². The Hall–Kier alpha value is -1.12. The molecule has 0 aromatic carbocycles. The van der Waals surface area contributed by atoms with Gasteiger partial charge >= 0.3 is 0 Å². The molecule has 0 bridgehead atoms. The van der Waals surface area contributed by atoms with E-state index in [2.05, 4.69) is 10.6 Å². The number of nitriles is 1. The topological polar surface area (TPSA) is 74.2 Å². The Kier molecular flexibility index (Phi) is 5.74. The molecule has 0 atom stereocenters. The van der Waals surface area contributed by atoms with Gasteiger partial charge in [0, 0.05) is 6.42 Å². The molecule has 1 aliphatic rings. The van der Waals surface area contributed by atoms with Crippen molar-refractivity contribution in [1.82, 2.24) is 10.6 Å². The maximum Gasteiger partial charge on any atom is 0.223 e. The molecule has 0 aliphatic carbocycles. The lowest BCUT2D eigenvalue weighted by Gasteiger charge is -2.22. The summed E-state index contributed by atoms with van der Waals surface area (Å²) in [5.41, 5.74) is 0. The van der Waals surface area contributed by atoms with Crippen molar-refractivity contribution < 1.29 is 9.53 Å². The molecule has 0 aromatic rings. The van der Waals surface area contributed by atoms with E-state index in [1.807, 2.05) is 6.07 Å². The molecule has 2 N–H and O–H groups in total. The molecule has 1 saturated heterocycles. The molecule has 1 aliphatic heterocycles. The van der Waals surface area contributed by atoms with Crippen LogP contribution >= 0.6 is 0 Å². The third-order valence-corrected chi connectivity index (χ3v) is 2.33. The molecule has 1 rings (SSSR count). The molecule has 0 unspecified atom stereocenters. The van der Waals surface area contributed by atoms with E-state index in [1.165, 1.54) is 0 Å². The minimum atomic E-state index is -0.120. The van der Waals surface area contributed by atoms with Crippen LogP contribution in [-0.4, -0.2) is 38.3 Å². The van der Waals surface area contributed by atoms with Crippen LogP contribution in [0, 0.1) is 11.3 Å². The van der Waals surface area contributed by atoms with Gasteiger partial charge in [-0.05, 0) is 25.9 Å². The average molecular weight is 211 g/mol. The van der Waals surface area contributed by atoms with E-state index in [4.69, 9.17) is 10.00 Å². The highest BCUT2D eigenvalue weighted by molar-refractivity contribution is 5.76. The molecule has 0 saturated carbocycles. The highest BCUT2D eigenvalue weighted by Crippen LogP contribution is 2.07. The lowest BCUT2D eigenvalue weighted by Crippen LogP contribution is -2.33. The van der Waals surface area contributed by atoms with Gasteiger partial charge in [0.15, 0.2) is 0 Å². The van der Waals surface area contributed by atoms with Crippen molar-refractivity contribution in [1.29, 1.82) is 5.26 Å². The SMILES string of the molecule is N#CCNC(=O)CCOC1CCNCC1. The number of carbonyl (C=O) groups excluding carboxylic acids is 1. The van der Waals surface area contributed by atoms with Crippen LogP contribution < -0.4 is 10.6 Å². The van der Waals surface area contributed by atoms with E-state index in [-0.39, 0.29) is 18.6 Å². The van der Waals surface area contributed by atoms with Crippen LogP contribution in [0.3, 0.4) is 0 Å². The molecule has 15 heavy (non-hydrogen) atoms. The molecule has 1 amide bonds. The van der Waals surface area contributed by atoms with E-state index in [1.54, 1.807) is 0 Å². The monoisotopic (exact) mass is 211 g/mol. The van der Waals surface area contributed by atoms with E-state index >= 15 is 0 Å². The number of piperidine rings is 1. The van der Waals surface area contributed by atoms with Gasteiger partial charge in [0.2, 0.25) is 5.91 Å². The molecule has 0 spiro atoms. The van der Waals surface area contributed by atoms with Gasteiger partial charge in [-0.25, -0.2) is 0 Å². The first-order valence-electron chi connectivity index (χ1n) is 5.29. The van der Waals surface area contributed by atoms with Gasteiger partial charge in [0.05, 0.1) is 18.8 Å². The van der Waals surface area contributed by atoms with E-state index in [9.17, 15) is 4.79 Å². The van der Waals surface area contributed by atoms with Crippen molar-refractivity contribution in [2.45, 2.75) is 25.4 Å². The predicted molar refractivity (Wildman–Crippen MR) is 55.1 cm³/mol. The minimum absolute atomic E-state index is 0.0756.